The highest BCUT2D eigenvalue weighted by molar-refractivity contribution is 7.10. The summed E-state index contributed by atoms with van der Waals surface area (Å²) < 4.78 is 4.05. The molecule has 2 aromatic rings. The number of nitrogens with zero attached hydrogens (tertiary/aromatic N) is 1. The number of aryl methyl sites for hydroxylation is 1. The molecule has 0 unspecified atom stereocenters. The molecule has 0 saturated heterocycles. The highest BCUT2D eigenvalue weighted by atomic mass is 32.1. The van der Waals surface area contributed by atoms with Crippen LogP contribution < -0.4 is 10.9 Å². The maximum absolute atomic E-state index is 11.7. The van der Waals surface area contributed by atoms with Gasteiger partial charge < -0.3 is 10.3 Å². The molecule has 16 heavy (non-hydrogen) atoms. The molecule has 0 saturated carbocycles. The number of anilines is 1. The molecule has 0 spiro atoms. The second-order valence-corrected chi connectivity index (χ2v) is 4.03. The van der Waals surface area contributed by atoms with E-state index in [1.54, 1.807) is 6.07 Å². The van der Waals surface area contributed by atoms with Crippen molar-refractivity contribution >= 4 is 22.4 Å². The van der Waals surface area contributed by atoms with E-state index < -0.39 is 0 Å². The summed E-state index contributed by atoms with van der Waals surface area (Å²) in [5.41, 5.74) is 1.04. The maximum atomic E-state index is 11.7. The third-order valence-electron chi connectivity index (χ3n) is 1.91. The minimum Gasteiger partial charge on any atom is -0.328 e. The fourth-order valence-electron chi connectivity index (χ4n) is 1.16. The molecule has 2 aromatic heterocycles. The molecule has 82 valence electrons. The van der Waals surface area contributed by atoms with Crippen molar-refractivity contribution in [3.05, 3.63) is 46.0 Å². The van der Waals surface area contributed by atoms with E-state index in [1.165, 1.54) is 29.9 Å². The molecule has 0 aromatic carbocycles. The van der Waals surface area contributed by atoms with Crippen molar-refractivity contribution in [1.82, 2.24) is 9.36 Å². The monoisotopic (exact) mass is 235 g/mol. The summed E-state index contributed by atoms with van der Waals surface area (Å²) in [6.07, 6.45) is 1.38. The van der Waals surface area contributed by atoms with E-state index in [0.717, 1.165) is 5.69 Å². The van der Waals surface area contributed by atoms with Gasteiger partial charge in [-0.25, -0.2) is 0 Å². The van der Waals surface area contributed by atoms with Gasteiger partial charge in [-0.2, -0.15) is 4.37 Å². The lowest BCUT2D eigenvalue weighted by Crippen LogP contribution is -2.13. The van der Waals surface area contributed by atoms with Gasteiger partial charge in [0.05, 0.1) is 11.3 Å². The molecule has 2 heterocycles. The third-order valence-corrected chi connectivity index (χ3v) is 2.71. The second-order valence-electron chi connectivity index (χ2n) is 3.23. The lowest BCUT2D eigenvalue weighted by Gasteiger charge is -2.00. The van der Waals surface area contributed by atoms with Gasteiger partial charge in [0.15, 0.2) is 0 Å². The van der Waals surface area contributed by atoms with Crippen molar-refractivity contribution in [2.45, 2.75) is 6.92 Å². The quantitative estimate of drug-likeness (QED) is 0.826. The number of aromatic amines is 1. The van der Waals surface area contributed by atoms with Crippen LogP contribution in [0.2, 0.25) is 0 Å². The molecule has 2 N–H and O–H groups in total. The van der Waals surface area contributed by atoms with E-state index >= 15 is 0 Å². The first kappa shape index (κ1) is 10.6. The summed E-state index contributed by atoms with van der Waals surface area (Å²) >= 11 is 1.22. The molecule has 6 heteroatoms. The van der Waals surface area contributed by atoms with Crippen LogP contribution in [0.4, 0.5) is 5.00 Å². The number of amides is 1. The Balaban J connectivity index is 2.14. The number of rotatable bonds is 2. The SMILES string of the molecule is Cc1cc(NC(=O)c2ccc(=O)[nH]c2)sn1. The topological polar surface area (TPSA) is 74.8 Å². The maximum Gasteiger partial charge on any atom is 0.257 e. The number of pyridine rings is 1. The van der Waals surface area contributed by atoms with Crippen LogP contribution in [0.15, 0.2) is 29.2 Å². The zero-order chi connectivity index (χ0) is 11.5. The first-order valence-electron chi connectivity index (χ1n) is 4.58. The standard InChI is InChI=1S/C10H9N3O2S/c1-6-4-9(16-13-6)12-10(15)7-2-3-8(14)11-5-7/h2-5H,1H3,(H,11,14)(H,12,15). The molecular formula is C10H9N3O2S. The minimum atomic E-state index is -0.264. The first-order chi connectivity index (χ1) is 7.65. The Bertz CT molecular complexity index is 553. The Morgan fingerprint density at radius 1 is 1.50 bits per heavy atom. The van der Waals surface area contributed by atoms with Gasteiger partial charge in [-0.1, -0.05) is 0 Å². The summed E-state index contributed by atoms with van der Waals surface area (Å²) in [6, 6.07) is 4.57. The Morgan fingerprint density at radius 3 is 2.88 bits per heavy atom. The fourth-order valence-corrected chi connectivity index (χ4v) is 1.82. The number of H-pyrrole nitrogens is 1. The highest BCUT2D eigenvalue weighted by Crippen LogP contribution is 2.16. The number of aromatic nitrogens is 2. The molecule has 0 aliphatic rings. The van der Waals surface area contributed by atoms with Crippen molar-refractivity contribution in [3.63, 3.8) is 0 Å². The smallest absolute Gasteiger partial charge is 0.257 e. The molecule has 0 bridgehead atoms. The zero-order valence-corrected chi connectivity index (χ0v) is 9.30. The van der Waals surface area contributed by atoms with Gasteiger partial charge in [0, 0.05) is 12.3 Å². The normalized spacial score (nSPS) is 10.1. The Kier molecular flexibility index (Phi) is 2.82. The van der Waals surface area contributed by atoms with Crippen molar-refractivity contribution in [1.29, 1.82) is 0 Å². The summed E-state index contributed by atoms with van der Waals surface area (Å²) in [5.74, 6) is -0.264. The molecule has 0 aliphatic heterocycles. The third kappa shape index (κ3) is 2.34. The average Bonchev–Trinajstić information content (AvgIpc) is 2.65. The van der Waals surface area contributed by atoms with Crippen LogP contribution in [0, 0.1) is 6.92 Å². The first-order valence-corrected chi connectivity index (χ1v) is 5.36. The highest BCUT2D eigenvalue weighted by Gasteiger charge is 2.07. The predicted molar refractivity (Wildman–Crippen MR) is 61.9 cm³/mol. The van der Waals surface area contributed by atoms with E-state index in [0.29, 0.717) is 10.6 Å². The van der Waals surface area contributed by atoms with E-state index in [1.807, 2.05) is 6.92 Å². The molecule has 0 aliphatic carbocycles. The molecule has 0 fully saturated rings. The second kappa shape index (κ2) is 4.28. The molecular weight excluding hydrogens is 226 g/mol. The minimum absolute atomic E-state index is 0.231. The molecule has 0 atom stereocenters. The summed E-state index contributed by atoms with van der Waals surface area (Å²) in [7, 11) is 0. The van der Waals surface area contributed by atoms with Gasteiger partial charge in [0.2, 0.25) is 5.56 Å². The van der Waals surface area contributed by atoms with Crippen LogP contribution >= 0.6 is 11.5 Å². The molecule has 0 radical (unpaired) electrons. The van der Waals surface area contributed by atoms with Gasteiger partial charge in [-0.05, 0) is 30.6 Å². The number of carbonyl (C=O) groups is 1. The van der Waals surface area contributed by atoms with Gasteiger partial charge in [-0.3, -0.25) is 9.59 Å². The molecule has 2 rings (SSSR count). The van der Waals surface area contributed by atoms with Crippen molar-refractivity contribution < 1.29 is 4.79 Å². The number of carbonyl (C=O) groups excluding carboxylic acids is 1. The Hall–Kier alpha value is -1.95. The molecule has 5 nitrogen and oxygen atoms in total. The van der Waals surface area contributed by atoms with Crippen LogP contribution in [0.5, 0.6) is 0 Å². The number of hydrogen-bond acceptors (Lipinski definition) is 4. The van der Waals surface area contributed by atoms with Crippen LogP contribution in [0.1, 0.15) is 16.1 Å². The van der Waals surface area contributed by atoms with Crippen LogP contribution in [-0.2, 0) is 0 Å². The predicted octanol–water partition coefficient (Wildman–Crippen LogP) is 1.39. The van der Waals surface area contributed by atoms with Crippen LogP contribution in [0.3, 0.4) is 0 Å². The Morgan fingerprint density at radius 2 is 2.31 bits per heavy atom. The van der Waals surface area contributed by atoms with E-state index in [2.05, 4.69) is 14.7 Å². The van der Waals surface area contributed by atoms with Gasteiger partial charge in [-0.15, -0.1) is 0 Å². The summed E-state index contributed by atoms with van der Waals surface area (Å²) in [4.78, 5) is 24.9. The van der Waals surface area contributed by atoms with Crippen molar-refractivity contribution in [2.75, 3.05) is 5.32 Å². The van der Waals surface area contributed by atoms with E-state index in [-0.39, 0.29) is 11.5 Å². The number of hydrogen-bond donors (Lipinski definition) is 2. The number of nitrogens with one attached hydrogen (secondary N) is 2. The molecule has 1 amide bonds. The van der Waals surface area contributed by atoms with Crippen LogP contribution in [-0.4, -0.2) is 15.3 Å². The Labute approximate surface area is 95.3 Å². The van der Waals surface area contributed by atoms with Crippen molar-refractivity contribution in [3.8, 4) is 0 Å². The van der Waals surface area contributed by atoms with E-state index in [9.17, 15) is 9.59 Å². The lowest BCUT2D eigenvalue weighted by atomic mass is 10.3. The zero-order valence-electron chi connectivity index (χ0n) is 8.48. The lowest BCUT2D eigenvalue weighted by molar-refractivity contribution is 0.102. The van der Waals surface area contributed by atoms with Gasteiger partial charge in [0.1, 0.15) is 5.00 Å². The summed E-state index contributed by atoms with van der Waals surface area (Å²) in [6.45, 7) is 1.85. The summed E-state index contributed by atoms with van der Waals surface area (Å²) in [5, 5.41) is 3.38. The van der Waals surface area contributed by atoms with Crippen molar-refractivity contribution in [2.24, 2.45) is 0 Å². The largest absolute Gasteiger partial charge is 0.328 e. The average molecular weight is 235 g/mol. The van der Waals surface area contributed by atoms with E-state index in [4.69, 9.17) is 0 Å². The van der Waals surface area contributed by atoms with Crippen LogP contribution in [0.25, 0.3) is 0 Å². The van der Waals surface area contributed by atoms with Gasteiger partial charge >= 0.3 is 0 Å². The fraction of sp³-hybridized carbons (Fsp3) is 0.100. The van der Waals surface area contributed by atoms with Gasteiger partial charge in [0.25, 0.3) is 5.91 Å².